The van der Waals surface area contributed by atoms with Gasteiger partial charge in [0.2, 0.25) is 5.95 Å². The predicted octanol–water partition coefficient (Wildman–Crippen LogP) is 1.93. The van der Waals surface area contributed by atoms with Gasteiger partial charge in [0.1, 0.15) is 17.3 Å². The number of hydrogen-bond acceptors (Lipinski definition) is 7. The summed E-state index contributed by atoms with van der Waals surface area (Å²) in [5, 5.41) is 13.0. The molecule has 3 rings (SSSR count). The molecule has 4 N–H and O–H groups in total. The summed E-state index contributed by atoms with van der Waals surface area (Å²) in [6.45, 7) is 0. The second-order valence-corrected chi connectivity index (χ2v) is 4.52. The summed E-state index contributed by atoms with van der Waals surface area (Å²) >= 11 is 0. The molecule has 0 fully saturated rings. The van der Waals surface area contributed by atoms with E-state index >= 15 is 0 Å². The Labute approximate surface area is 126 Å². The van der Waals surface area contributed by atoms with Crippen molar-refractivity contribution in [3.05, 3.63) is 42.6 Å². The van der Waals surface area contributed by atoms with E-state index in [-0.39, 0.29) is 11.7 Å². The molecule has 0 aliphatic carbocycles. The van der Waals surface area contributed by atoms with Gasteiger partial charge in [-0.15, -0.1) is 0 Å². The number of rotatable bonds is 3. The molecule has 0 aliphatic rings. The highest BCUT2D eigenvalue weighted by Gasteiger charge is 2.11. The highest BCUT2D eigenvalue weighted by molar-refractivity contribution is 5.68. The Morgan fingerprint density at radius 1 is 0.955 bits per heavy atom. The number of nitrogen functional groups attached to an aromatic ring is 1. The lowest BCUT2D eigenvalue weighted by Crippen LogP contribution is -1.98. The number of aromatic nitrogens is 4. The first-order valence-corrected chi connectivity index (χ1v) is 6.61. The van der Waals surface area contributed by atoms with Crippen molar-refractivity contribution >= 4 is 11.8 Å². The second kappa shape index (κ2) is 5.65. The average molecular weight is 294 g/mol. The number of hydrogen-bond donors (Lipinski definition) is 3. The Balaban J connectivity index is 2.10. The van der Waals surface area contributed by atoms with Gasteiger partial charge in [-0.3, -0.25) is 0 Å². The Hall–Kier alpha value is -3.22. The van der Waals surface area contributed by atoms with E-state index in [0.29, 0.717) is 28.6 Å². The van der Waals surface area contributed by atoms with Crippen molar-refractivity contribution in [3.63, 3.8) is 0 Å². The molecule has 22 heavy (non-hydrogen) atoms. The first-order chi connectivity index (χ1) is 10.7. The van der Waals surface area contributed by atoms with E-state index in [2.05, 4.69) is 25.3 Å². The molecule has 3 heterocycles. The fourth-order valence-corrected chi connectivity index (χ4v) is 2.01. The summed E-state index contributed by atoms with van der Waals surface area (Å²) in [5.74, 6) is 0.908. The number of pyridine rings is 2. The van der Waals surface area contributed by atoms with Crippen LogP contribution in [-0.2, 0) is 0 Å². The van der Waals surface area contributed by atoms with Crippen LogP contribution >= 0.6 is 0 Å². The second-order valence-electron chi connectivity index (χ2n) is 4.52. The van der Waals surface area contributed by atoms with E-state index < -0.39 is 0 Å². The number of nitrogens with zero attached hydrogens (tertiary/aromatic N) is 4. The number of nitrogens with two attached hydrogens (primary N) is 1. The van der Waals surface area contributed by atoms with Gasteiger partial charge in [-0.1, -0.05) is 6.07 Å². The van der Waals surface area contributed by atoms with Gasteiger partial charge >= 0.3 is 0 Å². The third kappa shape index (κ3) is 2.64. The lowest BCUT2D eigenvalue weighted by Gasteiger charge is -2.08. The number of nitrogens with one attached hydrogen (secondary N) is 1. The Bertz CT molecular complexity index is 821. The molecule has 0 aliphatic heterocycles. The van der Waals surface area contributed by atoms with Crippen LogP contribution in [0.5, 0.6) is 5.75 Å². The minimum atomic E-state index is 0.0477. The van der Waals surface area contributed by atoms with Gasteiger partial charge in [-0.05, 0) is 30.3 Å². The van der Waals surface area contributed by atoms with Crippen LogP contribution in [0.4, 0.5) is 11.8 Å². The van der Waals surface area contributed by atoms with Gasteiger partial charge in [0.15, 0.2) is 0 Å². The zero-order valence-electron chi connectivity index (χ0n) is 11.9. The molecule has 0 saturated carbocycles. The van der Waals surface area contributed by atoms with Gasteiger partial charge in [0.05, 0.1) is 17.1 Å². The molecule has 110 valence electrons. The van der Waals surface area contributed by atoms with E-state index in [4.69, 9.17) is 5.73 Å². The molecule has 0 aromatic carbocycles. The molecule has 0 unspecified atom stereocenters. The van der Waals surface area contributed by atoms with E-state index in [9.17, 15) is 5.11 Å². The van der Waals surface area contributed by atoms with Crippen LogP contribution in [0.25, 0.3) is 22.8 Å². The van der Waals surface area contributed by atoms with Crippen molar-refractivity contribution in [2.24, 2.45) is 0 Å². The SMILES string of the molecule is CNc1cccc(-c2nc(-c3ccnc(N)n3)ccc2O)n1. The maximum Gasteiger partial charge on any atom is 0.220 e. The van der Waals surface area contributed by atoms with Crippen LogP contribution in [0, 0.1) is 0 Å². The lowest BCUT2D eigenvalue weighted by molar-refractivity contribution is 0.475. The topological polar surface area (TPSA) is 110 Å². The van der Waals surface area contributed by atoms with Crippen LogP contribution < -0.4 is 11.1 Å². The number of anilines is 2. The molecule has 0 atom stereocenters. The van der Waals surface area contributed by atoms with Gasteiger partial charge in [0.25, 0.3) is 0 Å². The molecule has 0 radical (unpaired) electrons. The molecule has 0 amide bonds. The third-order valence-electron chi connectivity index (χ3n) is 3.06. The molecule has 0 saturated heterocycles. The highest BCUT2D eigenvalue weighted by Crippen LogP contribution is 2.29. The zero-order chi connectivity index (χ0) is 15.5. The van der Waals surface area contributed by atoms with Crippen LogP contribution in [0.1, 0.15) is 0 Å². The largest absolute Gasteiger partial charge is 0.506 e. The van der Waals surface area contributed by atoms with Crippen LogP contribution in [0.15, 0.2) is 42.6 Å². The molecule has 7 heteroatoms. The minimum Gasteiger partial charge on any atom is -0.506 e. The lowest BCUT2D eigenvalue weighted by atomic mass is 10.2. The average Bonchev–Trinajstić information content (AvgIpc) is 2.55. The Morgan fingerprint density at radius 2 is 1.77 bits per heavy atom. The standard InChI is InChI=1S/C15H14N6O/c1-17-13-4-2-3-11(19-13)14-12(22)6-5-9(20-14)10-7-8-18-15(16)21-10/h2-8,22H,1H3,(H,17,19)(H2,16,18,21). The first-order valence-electron chi connectivity index (χ1n) is 6.61. The van der Waals surface area contributed by atoms with E-state index in [1.165, 1.54) is 0 Å². The summed E-state index contributed by atoms with van der Waals surface area (Å²) in [6.07, 6.45) is 1.56. The molecule has 0 spiro atoms. The third-order valence-corrected chi connectivity index (χ3v) is 3.06. The molecule has 0 bridgehead atoms. The van der Waals surface area contributed by atoms with Crippen molar-refractivity contribution in [2.45, 2.75) is 0 Å². The van der Waals surface area contributed by atoms with Gasteiger partial charge in [0, 0.05) is 13.2 Å². The summed E-state index contributed by atoms with van der Waals surface area (Å²) in [5.41, 5.74) is 7.70. The maximum atomic E-state index is 10.1. The van der Waals surface area contributed by atoms with Gasteiger partial charge in [-0.25, -0.2) is 19.9 Å². The normalized spacial score (nSPS) is 10.4. The summed E-state index contributed by atoms with van der Waals surface area (Å²) in [6, 6.07) is 10.4. The molecule has 3 aromatic heterocycles. The minimum absolute atomic E-state index is 0.0477. The fourth-order valence-electron chi connectivity index (χ4n) is 2.01. The predicted molar refractivity (Wildman–Crippen MR) is 84.1 cm³/mol. The van der Waals surface area contributed by atoms with E-state index in [1.807, 2.05) is 12.1 Å². The van der Waals surface area contributed by atoms with E-state index in [1.54, 1.807) is 37.5 Å². The Kier molecular flexibility index (Phi) is 3.53. The maximum absolute atomic E-state index is 10.1. The first kappa shape index (κ1) is 13.7. The monoisotopic (exact) mass is 294 g/mol. The van der Waals surface area contributed by atoms with Crippen molar-refractivity contribution in [1.82, 2.24) is 19.9 Å². The summed E-state index contributed by atoms with van der Waals surface area (Å²) in [4.78, 5) is 16.8. The zero-order valence-corrected chi connectivity index (χ0v) is 11.9. The summed E-state index contributed by atoms with van der Waals surface area (Å²) < 4.78 is 0. The van der Waals surface area contributed by atoms with E-state index in [0.717, 1.165) is 0 Å². The quantitative estimate of drug-likeness (QED) is 0.677. The smallest absolute Gasteiger partial charge is 0.220 e. The van der Waals surface area contributed by atoms with Crippen molar-refractivity contribution in [2.75, 3.05) is 18.1 Å². The molecular formula is C15H14N6O. The molecule has 7 nitrogen and oxygen atoms in total. The fraction of sp³-hybridized carbons (Fsp3) is 0.0667. The van der Waals surface area contributed by atoms with Gasteiger partial charge in [-0.2, -0.15) is 0 Å². The van der Waals surface area contributed by atoms with Crippen molar-refractivity contribution in [1.29, 1.82) is 0 Å². The summed E-state index contributed by atoms with van der Waals surface area (Å²) in [7, 11) is 1.78. The number of aromatic hydroxyl groups is 1. The van der Waals surface area contributed by atoms with Crippen LogP contribution in [0.2, 0.25) is 0 Å². The Morgan fingerprint density at radius 3 is 2.55 bits per heavy atom. The van der Waals surface area contributed by atoms with Crippen LogP contribution in [-0.4, -0.2) is 32.1 Å². The van der Waals surface area contributed by atoms with Crippen molar-refractivity contribution in [3.8, 4) is 28.5 Å². The van der Waals surface area contributed by atoms with Gasteiger partial charge < -0.3 is 16.2 Å². The molecular weight excluding hydrogens is 280 g/mol. The molecule has 3 aromatic rings. The van der Waals surface area contributed by atoms with Crippen LogP contribution in [0.3, 0.4) is 0 Å². The highest BCUT2D eigenvalue weighted by atomic mass is 16.3. The van der Waals surface area contributed by atoms with Crippen molar-refractivity contribution < 1.29 is 5.11 Å².